The number of hydrogen-bond acceptors (Lipinski definition) is 7. The monoisotopic (exact) mass is 485 g/mol. The predicted molar refractivity (Wildman–Crippen MR) is 131 cm³/mol. The predicted octanol–water partition coefficient (Wildman–Crippen LogP) is 4.16. The second-order valence-corrected chi connectivity index (χ2v) is 9.22. The average Bonchev–Trinajstić information content (AvgIpc) is 3.22. The van der Waals surface area contributed by atoms with Crippen LogP contribution >= 0.6 is 0 Å². The Kier molecular flexibility index (Phi) is 5.76. The smallest absolute Gasteiger partial charge is 0.242 e. The molecule has 4 aromatic rings. The third kappa shape index (κ3) is 4.09. The number of nitrogen functional groups attached to an aromatic ring is 1. The number of amides is 1. The van der Waals surface area contributed by atoms with Gasteiger partial charge in [0.25, 0.3) is 0 Å². The van der Waals surface area contributed by atoms with E-state index in [2.05, 4.69) is 21.1 Å². The van der Waals surface area contributed by atoms with Crippen LogP contribution in [0.15, 0.2) is 54.9 Å². The van der Waals surface area contributed by atoms with E-state index in [1.54, 1.807) is 47.7 Å². The molecule has 2 aromatic carbocycles. The second kappa shape index (κ2) is 8.92. The van der Waals surface area contributed by atoms with Gasteiger partial charge in [-0.05, 0) is 44.5 Å². The number of ether oxygens (including phenoxy) is 1. The van der Waals surface area contributed by atoms with Crippen molar-refractivity contribution >= 4 is 22.8 Å². The largest absolute Gasteiger partial charge is 0.457 e. The van der Waals surface area contributed by atoms with Crippen LogP contribution in [-0.2, 0) is 11.3 Å². The topological polar surface area (TPSA) is 123 Å². The van der Waals surface area contributed by atoms with Crippen LogP contribution in [0.4, 0.5) is 10.2 Å². The molecule has 2 N–H and O–H groups in total. The summed E-state index contributed by atoms with van der Waals surface area (Å²) in [6, 6.07) is 15.5. The number of para-hydroxylation sites is 1. The number of hydrogen-bond donors (Lipinski definition) is 1. The van der Waals surface area contributed by atoms with Crippen LogP contribution in [0.5, 0.6) is 11.5 Å². The van der Waals surface area contributed by atoms with Crippen molar-refractivity contribution in [3.05, 3.63) is 60.7 Å². The minimum atomic E-state index is -1.12. The van der Waals surface area contributed by atoms with Gasteiger partial charge in [-0.3, -0.25) is 4.79 Å². The molecule has 0 aliphatic carbocycles. The van der Waals surface area contributed by atoms with Gasteiger partial charge in [-0.15, -0.1) is 0 Å². The SMILES string of the molecule is CC(C)(C#N)C(=O)N1CCC1Cn1nc(-c2ccc(Oc3ccccc3)cc2F)c2c(N)ncnc21. The lowest BCUT2D eigenvalue weighted by Crippen LogP contribution is -2.56. The van der Waals surface area contributed by atoms with Crippen molar-refractivity contribution in [1.29, 1.82) is 5.26 Å². The molecule has 3 heterocycles. The zero-order valence-corrected chi connectivity index (χ0v) is 19.8. The van der Waals surface area contributed by atoms with Crippen molar-refractivity contribution < 1.29 is 13.9 Å². The van der Waals surface area contributed by atoms with Gasteiger partial charge >= 0.3 is 0 Å². The van der Waals surface area contributed by atoms with Crippen LogP contribution in [-0.4, -0.2) is 43.1 Å². The van der Waals surface area contributed by atoms with Crippen molar-refractivity contribution in [1.82, 2.24) is 24.6 Å². The van der Waals surface area contributed by atoms with Gasteiger partial charge in [0.1, 0.15) is 40.6 Å². The molecule has 9 nitrogen and oxygen atoms in total. The summed E-state index contributed by atoms with van der Waals surface area (Å²) in [6.45, 7) is 4.11. The quantitative estimate of drug-likeness (QED) is 0.435. The molecular formula is C26H24FN7O2. The van der Waals surface area contributed by atoms with Crippen molar-refractivity contribution in [3.8, 4) is 28.8 Å². The van der Waals surface area contributed by atoms with Gasteiger partial charge < -0.3 is 15.4 Å². The molecule has 36 heavy (non-hydrogen) atoms. The summed E-state index contributed by atoms with van der Waals surface area (Å²) in [4.78, 5) is 22.9. The first-order chi connectivity index (χ1) is 17.3. The van der Waals surface area contributed by atoms with Crippen LogP contribution in [0.2, 0.25) is 0 Å². The lowest BCUT2D eigenvalue weighted by atomic mass is 9.90. The number of nitriles is 1. The highest BCUT2D eigenvalue weighted by molar-refractivity contribution is 5.98. The molecule has 1 saturated heterocycles. The Labute approximate surface area is 206 Å². The Balaban J connectivity index is 1.48. The maximum absolute atomic E-state index is 15.3. The van der Waals surface area contributed by atoms with E-state index < -0.39 is 11.2 Å². The molecule has 1 fully saturated rings. The van der Waals surface area contributed by atoms with Gasteiger partial charge in [0.2, 0.25) is 5.91 Å². The minimum absolute atomic E-state index is 0.163. The summed E-state index contributed by atoms with van der Waals surface area (Å²) < 4.78 is 22.7. The highest BCUT2D eigenvalue weighted by atomic mass is 19.1. The molecule has 1 amide bonds. The Bertz CT molecular complexity index is 1490. The summed E-state index contributed by atoms with van der Waals surface area (Å²) >= 11 is 0. The molecule has 1 aliphatic heterocycles. The first-order valence-electron chi connectivity index (χ1n) is 11.5. The highest BCUT2D eigenvalue weighted by Gasteiger charge is 2.40. The van der Waals surface area contributed by atoms with E-state index in [1.807, 2.05) is 18.2 Å². The van der Waals surface area contributed by atoms with Crippen LogP contribution in [0.3, 0.4) is 0 Å². The van der Waals surface area contributed by atoms with Crippen LogP contribution in [0.1, 0.15) is 20.3 Å². The van der Waals surface area contributed by atoms with Crippen LogP contribution in [0, 0.1) is 22.6 Å². The van der Waals surface area contributed by atoms with E-state index in [0.29, 0.717) is 41.3 Å². The Morgan fingerprint density at radius 3 is 2.67 bits per heavy atom. The van der Waals surface area contributed by atoms with Gasteiger partial charge in [-0.1, -0.05) is 18.2 Å². The summed E-state index contributed by atoms with van der Waals surface area (Å²) in [5, 5.41) is 14.4. The van der Waals surface area contributed by atoms with Crippen LogP contribution in [0.25, 0.3) is 22.3 Å². The molecule has 0 radical (unpaired) electrons. The number of likely N-dealkylation sites (tertiary alicyclic amines) is 1. The fraction of sp³-hybridized carbons (Fsp3) is 0.269. The van der Waals surface area contributed by atoms with E-state index in [-0.39, 0.29) is 23.3 Å². The summed E-state index contributed by atoms with van der Waals surface area (Å²) in [7, 11) is 0. The highest BCUT2D eigenvalue weighted by Crippen LogP contribution is 2.35. The van der Waals surface area contributed by atoms with Crippen molar-refractivity contribution in [3.63, 3.8) is 0 Å². The number of nitrogens with zero attached hydrogens (tertiary/aromatic N) is 6. The number of carbonyl (C=O) groups is 1. The average molecular weight is 486 g/mol. The number of rotatable bonds is 6. The number of halogens is 1. The van der Waals surface area contributed by atoms with Crippen molar-refractivity contribution in [2.24, 2.45) is 5.41 Å². The minimum Gasteiger partial charge on any atom is -0.457 e. The number of carbonyl (C=O) groups excluding carboxylic acids is 1. The van der Waals surface area contributed by atoms with Crippen molar-refractivity contribution in [2.75, 3.05) is 12.3 Å². The summed E-state index contributed by atoms with van der Waals surface area (Å²) in [5.74, 6) is 0.356. The molecule has 10 heteroatoms. The zero-order valence-electron chi connectivity index (χ0n) is 19.8. The molecule has 182 valence electrons. The molecular weight excluding hydrogens is 461 g/mol. The van der Waals surface area contributed by atoms with Gasteiger partial charge in [-0.25, -0.2) is 19.0 Å². The standard InChI is InChI=1S/C26H24FN7O2/c1-26(2,14-28)25(35)33-11-10-16(33)13-34-24-21(23(29)30-15-31-24)22(32-34)19-9-8-18(12-20(19)27)36-17-6-4-3-5-7-17/h3-9,12,15-16H,10-11,13H2,1-2H3,(H2,29,30,31). The van der Waals surface area contributed by atoms with E-state index in [4.69, 9.17) is 10.5 Å². The van der Waals surface area contributed by atoms with Crippen molar-refractivity contribution in [2.45, 2.75) is 32.9 Å². The van der Waals surface area contributed by atoms with E-state index >= 15 is 4.39 Å². The molecule has 0 bridgehead atoms. The second-order valence-electron chi connectivity index (χ2n) is 9.22. The molecule has 1 atom stereocenters. The third-order valence-electron chi connectivity index (χ3n) is 6.34. The molecule has 5 rings (SSSR count). The lowest BCUT2D eigenvalue weighted by Gasteiger charge is -2.43. The maximum atomic E-state index is 15.3. The molecule has 1 unspecified atom stereocenters. The van der Waals surface area contributed by atoms with Gasteiger partial charge in [0.05, 0.1) is 24.0 Å². The Morgan fingerprint density at radius 1 is 1.22 bits per heavy atom. The van der Waals surface area contributed by atoms with E-state index in [0.717, 1.165) is 6.42 Å². The van der Waals surface area contributed by atoms with Crippen LogP contribution < -0.4 is 10.5 Å². The lowest BCUT2D eigenvalue weighted by molar-refractivity contribution is -0.146. The Morgan fingerprint density at radius 2 is 2.00 bits per heavy atom. The molecule has 1 aliphatic rings. The molecule has 2 aromatic heterocycles. The Hall–Kier alpha value is -4.52. The van der Waals surface area contributed by atoms with E-state index in [9.17, 15) is 10.1 Å². The van der Waals surface area contributed by atoms with Gasteiger partial charge in [-0.2, -0.15) is 10.4 Å². The first kappa shape index (κ1) is 23.2. The number of aromatic nitrogens is 4. The third-order valence-corrected chi connectivity index (χ3v) is 6.34. The molecule has 0 saturated carbocycles. The van der Waals surface area contributed by atoms with Gasteiger partial charge in [0.15, 0.2) is 5.65 Å². The fourth-order valence-electron chi connectivity index (χ4n) is 4.23. The number of benzene rings is 2. The van der Waals surface area contributed by atoms with E-state index in [1.165, 1.54) is 12.4 Å². The summed E-state index contributed by atoms with van der Waals surface area (Å²) in [6.07, 6.45) is 2.08. The van der Waals surface area contributed by atoms with Gasteiger partial charge in [0, 0.05) is 18.2 Å². The fourth-order valence-corrected chi connectivity index (χ4v) is 4.23. The number of nitrogens with two attached hydrogens (primary N) is 1. The normalized spacial score (nSPS) is 15.4. The zero-order chi connectivity index (χ0) is 25.4. The maximum Gasteiger partial charge on any atom is 0.242 e. The first-order valence-corrected chi connectivity index (χ1v) is 11.5. The summed E-state index contributed by atoms with van der Waals surface area (Å²) in [5.41, 5.74) is 6.03. The molecule has 0 spiro atoms. The number of anilines is 1. The number of fused-ring (bicyclic) bond motifs is 1.